The van der Waals surface area contributed by atoms with Crippen molar-refractivity contribution in [3.63, 3.8) is 0 Å². The molecule has 1 saturated heterocycles. The molecule has 8 heteroatoms. The van der Waals surface area contributed by atoms with Gasteiger partial charge in [0.25, 0.3) is 5.82 Å². The fraction of sp³-hybridized carbons (Fsp3) is 0.316. The molecule has 2 heterocycles. The second kappa shape index (κ2) is 9.09. The molecule has 7 nitrogen and oxygen atoms in total. The van der Waals surface area contributed by atoms with E-state index in [9.17, 15) is 14.0 Å². The summed E-state index contributed by atoms with van der Waals surface area (Å²) in [5.41, 5.74) is 0.477. The first kappa shape index (κ1) is 18.8. The SMILES string of the molecule is O=C(COCC(=O)N1CCN(c2cccc[nH+]2)CC1)Nc1ccc(F)cc1. The van der Waals surface area contributed by atoms with Crippen LogP contribution in [0.4, 0.5) is 15.9 Å². The molecule has 0 bridgehead atoms. The third kappa shape index (κ3) is 5.49. The van der Waals surface area contributed by atoms with Gasteiger partial charge in [-0.15, -0.1) is 0 Å². The molecular formula is C19H22FN4O3+. The lowest BCUT2D eigenvalue weighted by atomic mass is 10.3. The Morgan fingerprint density at radius 2 is 1.78 bits per heavy atom. The number of benzene rings is 1. The van der Waals surface area contributed by atoms with Gasteiger partial charge in [-0.05, 0) is 30.3 Å². The van der Waals surface area contributed by atoms with Crippen molar-refractivity contribution >= 4 is 23.3 Å². The summed E-state index contributed by atoms with van der Waals surface area (Å²) < 4.78 is 18.0. The molecule has 1 aromatic heterocycles. The van der Waals surface area contributed by atoms with Gasteiger partial charge < -0.3 is 15.0 Å². The highest BCUT2D eigenvalue weighted by molar-refractivity contribution is 5.91. The number of H-pyrrole nitrogens is 1. The summed E-state index contributed by atoms with van der Waals surface area (Å²) in [6, 6.07) is 11.3. The summed E-state index contributed by atoms with van der Waals surface area (Å²) in [5.74, 6) is 0.124. The summed E-state index contributed by atoms with van der Waals surface area (Å²) in [5, 5.41) is 2.58. The topological polar surface area (TPSA) is 76.0 Å². The number of hydrogen-bond acceptors (Lipinski definition) is 4. The number of carbonyl (C=O) groups is 2. The van der Waals surface area contributed by atoms with Gasteiger partial charge in [0.2, 0.25) is 11.8 Å². The number of piperazine rings is 1. The molecule has 1 aliphatic rings. The van der Waals surface area contributed by atoms with Gasteiger partial charge in [0.1, 0.15) is 32.1 Å². The van der Waals surface area contributed by atoms with Crippen LogP contribution in [-0.2, 0) is 14.3 Å². The molecule has 0 unspecified atom stereocenters. The van der Waals surface area contributed by atoms with Crippen molar-refractivity contribution < 1.29 is 23.7 Å². The van der Waals surface area contributed by atoms with Crippen LogP contribution < -0.4 is 15.2 Å². The zero-order chi connectivity index (χ0) is 19.1. The van der Waals surface area contributed by atoms with Gasteiger partial charge in [-0.3, -0.25) is 14.5 Å². The van der Waals surface area contributed by atoms with Crippen molar-refractivity contribution in [3.8, 4) is 0 Å². The van der Waals surface area contributed by atoms with Crippen molar-refractivity contribution in [2.75, 3.05) is 49.6 Å². The van der Waals surface area contributed by atoms with E-state index in [-0.39, 0.29) is 30.8 Å². The van der Waals surface area contributed by atoms with Gasteiger partial charge in [0.15, 0.2) is 0 Å². The lowest BCUT2D eigenvalue weighted by Crippen LogP contribution is -2.51. The number of halogens is 1. The first-order valence-electron chi connectivity index (χ1n) is 8.74. The Balaban J connectivity index is 1.36. The second-order valence-corrected chi connectivity index (χ2v) is 6.16. The maximum Gasteiger partial charge on any atom is 0.274 e. The standard InChI is InChI=1S/C19H21FN4O3/c20-15-4-6-16(7-5-15)22-18(25)13-27-14-19(26)24-11-9-23(10-12-24)17-3-1-2-8-21-17/h1-8H,9-14H2,(H,22,25)/p+1. The van der Waals surface area contributed by atoms with Crippen molar-refractivity contribution in [2.45, 2.75) is 0 Å². The van der Waals surface area contributed by atoms with E-state index < -0.39 is 0 Å². The van der Waals surface area contributed by atoms with Crippen molar-refractivity contribution in [3.05, 3.63) is 54.5 Å². The fourth-order valence-corrected chi connectivity index (χ4v) is 2.83. The van der Waals surface area contributed by atoms with Crippen LogP contribution in [0.3, 0.4) is 0 Å². The lowest BCUT2D eigenvalue weighted by molar-refractivity contribution is -0.364. The Bertz CT molecular complexity index is 762. The Labute approximate surface area is 156 Å². The van der Waals surface area contributed by atoms with Crippen molar-refractivity contribution in [1.82, 2.24) is 4.90 Å². The van der Waals surface area contributed by atoms with Crippen LogP contribution in [0.15, 0.2) is 48.7 Å². The zero-order valence-corrected chi connectivity index (χ0v) is 14.9. The maximum absolute atomic E-state index is 12.8. The van der Waals surface area contributed by atoms with E-state index in [4.69, 9.17) is 4.74 Å². The second-order valence-electron chi connectivity index (χ2n) is 6.16. The third-order valence-corrected chi connectivity index (χ3v) is 4.25. The molecule has 1 aliphatic heterocycles. The largest absolute Gasteiger partial charge is 0.362 e. The number of nitrogens with one attached hydrogen (secondary N) is 2. The molecule has 2 amide bonds. The number of carbonyl (C=O) groups excluding carboxylic acids is 2. The number of rotatable bonds is 6. The van der Waals surface area contributed by atoms with Crippen LogP contribution in [0.25, 0.3) is 0 Å². The predicted molar refractivity (Wildman–Crippen MR) is 97.6 cm³/mol. The summed E-state index contributed by atoms with van der Waals surface area (Å²) in [7, 11) is 0. The van der Waals surface area contributed by atoms with Crippen molar-refractivity contribution in [1.29, 1.82) is 0 Å². The fourth-order valence-electron chi connectivity index (χ4n) is 2.83. The smallest absolute Gasteiger partial charge is 0.274 e. The number of amides is 2. The number of anilines is 2. The molecule has 27 heavy (non-hydrogen) atoms. The van der Waals surface area contributed by atoms with Crippen LogP contribution in [0.1, 0.15) is 0 Å². The predicted octanol–water partition coefficient (Wildman–Crippen LogP) is 0.944. The van der Waals surface area contributed by atoms with E-state index in [1.807, 2.05) is 24.4 Å². The third-order valence-electron chi connectivity index (χ3n) is 4.25. The van der Waals surface area contributed by atoms with E-state index >= 15 is 0 Å². The summed E-state index contributed by atoms with van der Waals surface area (Å²) in [4.78, 5) is 31.1. The highest BCUT2D eigenvalue weighted by atomic mass is 19.1. The molecule has 0 atom stereocenters. The molecular weight excluding hydrogens is 351 g/mol. The minimum atomic E-state index is -0.390. The Morgan fingerprint density at radius 1 is 1.04 bits per heavy atom. The van der Waals surface area contributed by atoms with Crippen LogP contribution >= 0.6 is 0 Å². The van der Waals surface area contributed by atoms with Crippen LogP contribution in [-0.4, -0.2) is 56.1 Å². The van der Waals surface area contributed by atoms with Gasteiger partial charge in [-0.2, -0.15) is 0 Å². The minimum absolute atomic E-state index is 0.138. The van der Waals surface area contributed by atoms with Crippen LogP contribution in [0, 0.1) is 5.82 Å². The average Bonchev–Trinajstić information content (AvgIpc) is 2.70. The summed E-state index contributed by atoms with van der Waals surface area (Å²) in [6.07, 6.45) is 1.87. The van der Waals surface area contributed by atoms with E-state index in [0.29, 0.717) is 18.8 Å². The van der Waals surface area contributed by atoms with E-state index in [1.165, 1.54) is 24.3 Å². The molecule has 0 radical (unpaired) electrons. The van der Waals surface area contributed by atoms with Gasteiger partial charge in [0.05, 0.1) is 19.3 Å². The number of hydrogen-bond donors (Lipinski definition) is 1. The zero-order valence-electron chi connectivity index (χ0n) is 14.9. The summed E-state index contributed by atoms with van der Waals surface area (Å²) >= 11 is 0. The van der Waals surface area contributed by atoms with Gasteiger partial charge in [-0.1, -0.05) is 6.07 Å². The first-order valence-corrected chi connectivity index (χ1v) is 8.74. The Morgan fingerprint density at radius 3 is 2.44 bits per heavy atom. The minimum Gasteiger partial charge on any atom is -0.362 e. The maximum atomic E-state index is 12.8. The Hall–Kier alpha value is -3.00. The van der Waals surface area contributed by atoms with Crippen molar-refractivity contribution in [2.24, 2.45) is 0 Å². The molecule has 142 valence electrons. The van der Waals surface area contributed by atoms with Gasteiger partial charge in [0, 0.05) is 11.8 Å². The van der Waals surface area contributed by atoms with Crippen LogP contribution in [0.2, 0.25) is 0 Å². The normalized spacial score (nSPS) is 14.1. The Kier molecular flexibility index (Phi) is 6.32. The number of aromatic nitrogens is 1. The first-order chi connectivity index (χ1) is 13.1. The van der Waals surface area contributed by atoms with Gasteiger partial charge >= 0.3 is 0 Å². The molecule has 3 rings (SSSR count). The highest BCUT2D eigenvalue weighted by Crippen LogP contribution is 2.10. The van der Waals surface area contributed by atoms with Gasteiger partial charge in [-0.25, -0.2) is 9.37 Å². The number of ether oxygens (including phenoxy) is 1. The quantitative estimate of drug-likeness (QED) is 0.818. The van der Waals surface area contributed by atoms with E-state index in [1.54, 1.807) is 4.90 Å². The molecule has 2 aromatic rings. The molecule has 2 N–H and O–H groups in total. The number of nitrogens with zero attached hydrogens (tertiary/aromatic N) is 2. The number of aromatic amines is 1. The average molecular weight is 373 g/mol. The lowest BCUT2D eigenvalue weighted by Gasteiger charge is -2.30. The van der Waals surface area contributed by atoms with E-state index in [0.717, 1.165) is 18.9 Å². The molecule has 0 aliphatic carbocycles. The highest BCUT2D eigenvalue weighted by Gasteiger charge is 2.26. The molecule has 1 fully saturated rings. The van der Waals surface area contributed by atoms with Crippen LogP contribution in [0.5, 0.6) is 0 Å². The monoisotopic (exact) mass is 373 g/mol. The molecule has 0 saturated carbocycles. The molecule has 1 aromatic carbocycles. The van der Waals surface area contributed by atoms with E-state index in [2.05, 4.69) is 15.2 Å². The number of pyridine rings is 1. The molecule has 0 spiro atoms. The summed E-state index contributed by atoms with van der Waals surface area (Å²) in [6.45, 7) is 2.30.